The van der Waals surface area contributed by atoms with Crippen molar-refractivity contribution < 1.29 is 14.3 Å². The maximum absolute atomic E-state index is 13.5. The number of nitrogens with one attached hydrogen (secondary N) is 1. The molecule has 0 radical (unpaired) electrons. The first-order valence-corrected chi connectivity index (χ1v) is 12.5. The van der Waals surface area contributed by atoms with Crippen LogP contribution in [0.2, 0.25) is 0 Å². The van der Waals surface area contributed by atoms with Gasteiger partial charge >= 0.3 is 0 Å². The highest BCUT2D eigenvalue weighted by molar-refractivity contribution is 5.87. The maximum Gasteiger partial charge on any atom is 0.242 e. The van der Waals surface area contributed by atoms with E-state index in [2.05, 4.69) is 57.3 Å². The summed E-state index contributed by atoms with van der Waals surface area (Å²) >= 11 is 0. The van der Waals surface area contributed by atoms with Gasteiger partial charge in [0.2, 0.25) is 11.8 Å². The Hall–Kier alpha value is -2.82. The van der Waals surface area contributed by atoms with Crippen molar-refractivity contribution in [2.75, 3.05) is 13.7 Å². The van der Waals surface area contributed by atoms with Crippen molar-refractivity contribution >= 4 is 11.8 Å². The molecule has 0 saturated carbocycles. The fourth-order valence-corrected chi connectivity index (χ4v) is 3.96. The van der Waals surface area contributed by atoms with Crippen LogP contribution in [0.1, 0.15) is 77.0 Å². The average molecular weight is 467 g/mol. The molecule has 2 amide bonds. The number of hydrogen-bond acceptors (Lipinski definition) is 3. The monoisotopic (exact) mass is 466 g/mol. The quantitative estimate of drug-likeness (QED) is 0.411. The summed E-state index contributed by atoms with van der Waals surface area (Å²) in [7, 11) is 1.63. The second kappa shape index (κ2) is 13.2. The number of aryl methyl sites for hydroxylation is 1. The number of unbranched alkanes of at least 4 members (excludes halogenated alkanes) is 1. The summed E-state index contributed by atoms with van der Waals surface area (Å²) in [6.45, 7) is 11.6. The lowest BCUT2D eigenvalue weighted by Crippen LogP contribution is -2.49. The van der Waals surface area contributed by atoms with Crippen LogP contribution >= 0.6 is 0 Å². The number of ether oxygens (including phenoxy) is 1. The Morgan fingerprint density at radius 1 is 1.03 bits per heavy atom. The van der Waals surface area contributed by atoms with E-state index in [1.54, 1.807) is 12.0 Å². The number of methoxy groups -OCH3 is 1. The van der Waals surface area contributed by atoms with Gasteiger partial charge in [0.15, 0.2) is 0 Å². The molecule has 0 unspecified atom stereocenters. The standard InChI is InChI=1S/C29H42N2O3/c1-7-9-19-30-28(33)26(8-2)31(21-23-11-10-12-25(20-23)34-6)27(32)18-15-22-13-16-24(17-14-22)29(3,4)5/h10-14,16-17,20,26H,7-9,15,18-19,21H2,1-6H3,(H,30,33)/t26-/m1/s1. The predicted octanol–water partition coefficient (Wildman–Crippen LogP) is 5.65. The summed E-state index contributed by atoms with van der Waals surface area (Å²) in [4.78, 5) is 28.2. The number of benzene rings is 2. The van der Waals surface area contributed by atoms with Gasteiger partial charge in [0.25, 0.3) is 0 Å². The second-order valence-electron chi connectivity index (χ2n) is 9.89. The van der Waals surface area contributed by atoms with Crippen molar-refractivity contribution in [2.45, 2.75) is 84.7 Å². The van der Waals surface area contributed by atoms with E-state index in [4.69, 9.17) is 4.74 Å². The van der Waals surface area contributed by atoms with E-state index < -0.39 is 6.04 Å². The van der Waals surface area contributed by atoms with Crippen molar-refractivity contribution in [3.8, 4) is 5.75 Å². The van der Waals surface area contributed by atoms with Crippen molar-refractivity contribution in [2.24, 2.45) is 0 Å². The lowest BCUT2D eigenvalue weighted by molar-refractivity contribution is -0.141. The first-order chi connectivity index (χ1) is 16.2. The normalized spacial score (nSPS) is 12.2. The molecule has 34 heavy (non-hydrogen) atoms. The molecule has 5 heteroatoms. The van der Waals surface area contributed by atoms with Gasteiger partial charge in [-0.1, -0.05) is 77.4 Å². The third kappa shape index (κ3) is 8.19. The highest BCUT2D eigenvalue weighted by Crippen LogP contribution is 2.23. The lowest BCUT2D eigenvalue weighted by Gasteiger charge is -2.31. The van der Waals surface area contributed by atoms with E-state index in [0.717, 1.165) is 29.7 Å². The molecule has 2 aromatic rings. The van der Waals surface area contributed by atoms with Gasteiger partial charge in [0, 0.05) is 19.5 Å². The zero-order chi connectivity index (χ0) is 25.1. The van der Waals surface area contributed by atoms with Crippen LogP contribution in [-0.4, -0.2) is 36.4 Å². The van der Waals surface area contributed by atoms with Gasteiger partial charge in [-0.15, -0.1) is 0 Å². The molecule has 0 fully saturated rings. The third-order valence-corrected chi connectivity index (χ3v) is 6.15. The molecule has 1 atom stereocenters. The van der Waals surface area contributed by atoms with Crippen LogP contribution in [0.5, 0.6) is 5.75 Å². The molecule has 0 aromatic heterocycles. The Balaban J connectivity index is 2.18. The van der Waals surface area contributed by atoms with Gasteiger partial charge in [-0.2, -0.15) is 0 Å². The van der Waals surface area contributed by atoms with Crippen molar-refractivity contribution in [1.29, 1.82) is 0 Å². The maximum atomic E-state index is 13.5. The van der Waals surface area contributed by atoms with E-state index in [-0.39, 0.29) is 17.2 Å². The zero-order valence-corrected chi connectivity index (χ0v) is 21.8. The van der Waals surface area contributed by atoms with E-state index in [0.29, 0.717) is 32.4 Å². The molecule has 0 heterocycles. The first kappa shape index (κ1) is 27.4. The molecule has 2 aromatic carbocycles. The highest BCUT2D eigenvalue weighted by Gasteiger charge is 2.28. The molecular weight excluding hydrogens is 424 g/mol. The lowest BCUT2D eigenvalue weighted by atomic mass is 9.86. The molecule has 0 saturated heterocycles. The molecule has 2 rings (SSSR count). The van der Waals surface area contributed by atoms with Crippen molar-refractivity contribution in [3.63, 3.8) is 0 Å². The first-order valence-electron chi connectivity index (χ1n) is 12.5. The van der Waals surface area contributed by atoms with Crippen LogP contribution < -0.4 is 10.1 Å². The van der Waals surface area contributed by atoms with Gasteiger partial charge in [-0.3, -0.25) is 9.59 Å². The Morgan fingerprint density at radius 2 is 1.74 bits per heavy atom. The molecule has 186 valence electrons. The SMILES string of the molecule is CCCCNC(=O)[C@@H](CC)N(Cc1cccc(OC)c1)C(=O)CCc1ccc(C(C)(C)C)cc1. The number of rotatable bonds is 12. The summed E-state index contributed by atoms with van der Waals surface area (Å²) in [6, 6.07) is 15.7. The Morgan fingerprint density at radius 3 is 2.32 bits per heavy atom. The average Bonchev–Trinajstić information content (AvgIpc) is 2.82. The molecular formula is C29H42N2O3. The van der Waals surface area contributed by atoms with E-state index in [9.17, 15) is 9.59 Å². The van der Waals surface area contributed by atoms with Gasteiger partial charge in [0.05, 0.1) is 7.11 Å². The minimum absolute atomic E-state index is 0.0137. The number of nitrogens with zero attached hydrogens (tertiary/aromatic N) is 1. The molecule has 0 aliphatic rings. The van der Waals surface area contributed by atoms with Crippen LogP contribution in [0.4, 0.5) is 0 Å². The number of carbonyl (C=O) groups excluding carboxylic acids is 2. The predicted molar refractivity (Wildman–Crippen MR) is 139 cm³/mol. The second-order valence-corrected chi connectivity index (χ2v) is 9.89. The summed E-state index contributed by atoms with van der Waals surface area (Å²) in [5.74, 6) is 0.645. The summed E-state index contributed by atoms with van der Waals surface area (Å²) in [6.07, 6.45) is 3.51. The molecule has 1 N–H and O–H groups in total. The highest BCUT2D eigenvalue weighted by atomic mass is 16.5. The van der Waals surface area contributed by atoms with Gasteiger partial charge in [-0.25, -0.2) is 0 Å². The molecule has 0 spiro atoms. The minimum Gasteiger partial charge on any atom is -0.497 e. The Labute approximate surface area is 205 Å². The van der Waals surface area contributed by atoms with Gasteiger partial charge < -0.3 is 15.0 Å². The third-order valence-electron chi connectivity index (χ3n) is 6.15. The Bertz CT molecular complexity index is 916. The minimum atomic E-state index is -0.501. The fraction of sp³-hybridized carbons (Fsp3) is 0.517. The van der Waals surface area contributed by atoms with Crippen LogP contribution in [0.25, 0.3) is 0 Å². The summed E-state index contributed by atoms with van der Waals surface area (Å²) in [5.41, 5.74) is 3.45. The topological polar surface area (TPSA) is 58.6 Å². The van der Waals surface area contributed by atoms with Crippen LogP contribution in [0, 0.1) is 0 Å². The van der Waals surface area contributed by atoms with Crippen LogP contribution in [0.3, 0.4) is 0 Å². The number of carbonyl (C=O) groups is 2. The molecule has 5 nitrogen and oxygen atoms in total. The van der Waals surface area contributed by atoms with E-state index >= 15 is 0 Å². The largest absolute Gasteiger partial charge is 0.497 e. The number of hydrogen-bond donors (Lipinski definition) is 1. The van der Waals surface area contributed by atoms with Crippen molar-refractivity contribution in [3.05, 3.63) is 65.2 Å². The number of amides is 2. The summed E-state index contributed by atoms with van der Waals surface area (Å²) < 4.78 is 5.35. The Kier molecular flexibility index (Phi) is 10.6. The molecule has 0 aliphatic carbocycles. The zero-order valence-electron chi connectivity index (χ0n) is 21.8. The smallest absolute Gasteiger partial charge is 0.242 e. The fourth-order valence-electron chi connectivity index (χ4n) is 3.96. The van der Waals surface area contributed by atoms with Gasteiger partial charge in [0.1, 0.15) is 11.8 Å². The van der Waals surface area contributed by atoms with E-state index in [1.807, 2.05) is 31.2 Å². The molecule has 0 bridgehead atoms. The van der Waals surface area contributed by atoms with E-state index in [1.165, 1.54) is 5.56 Å². The van der Waals surface area contributed by atoms with Crippen LogP contribution in [-0.2, 0) is 28.0 Å². The van der Waals surface area contributed by atoms with Crippen molar-refractivity contribution in [1.82, 2.24) is 10.2 Å². The van der Waals surface area contributed by atoms with Crippen LogP contribution in [0.15, 0.2) is 48.5 Å². The molecule has 0 aliphatic heterocycles. The summed E-state index contributed by atoms with van der Waals surface area (Å²) in [5, 5.41) is 3.01. The van der Waals surface area contributed by atoms with Gasteiger partial charge in [-0.05, 0) is 53.5 Å².